The molecule has 0 radical (unpaired) electrons. The summed E-state index contributed by atoms with van der Waals surface area (Å²) < 4.78 is 57.6. The lowest BCUT2D eigenvalue weighted by Crippen LogP contribution is -2.44. The lowest BCUT2D eigenvalue weighted by molar-refractivity contribution is 0.157. The van der Waals surface area contributed by atoms with E-state index in [2.05, 4.69) is 0 Å². The molecule has 0 spiro atoms. The number of anilines is 2. The van der Waals surface area contributed by atoms with Gasteiger partial charge in [-0.3, -0.25) is 18.9 Å². The van der Waals surface area contributed by atoms with Crippen molar-refractivity contribution in [3.05, 3.63) is 35.4 Å². The highest BCUT2D eigenvalue weighted by atomic mass is 31.2. The zero-order valence-electron chi connectivity index (χ0n) is 20.9. The van der Waals surface area contributed by atoms with Gasteiger partial charge >= 0.3 is 27.4 Å². The van der Waals surface area contributed by atoms with Crippen molar-refractivity contribution in [1.29, 1.82) is 0 Å². The summed E-state index contributed by atoms with van der Waals surface area (Å²) >= 11 is 0. The van der Waals surface area contributed by atoms with E-state index in [1.54, 1.807) is 38.1 Å². The molecule has 0 saturated heterocycles. The van der Waals surface area contributed by atoms with E-state index in [9.17, 15) is 18.7 Å². The van der Waals surface area contributed by atoms with Crippen LogP contribution in [0, 0.1) is 0 Å². The summed E-state index contributed by atoms with van der Waals surface area (Å²) in [6.07, 6.45) is 4.81. The van der Waals surface area contributed by atoms with Crippen LogP contribution in [0.3, 0.4) is 0 Å². The Morgan fingerprint density at radius 3 is 1.33 bits per heavy atom. The van der Waals surface area contributed by atoms with Crippen LogP contribution < -0.4 is 9.80 Å². The Kier molecular flexibility index (Phi) is 8.82. The Balaban J connectivity index is 2.23. The minimum atomic E-state index is -3.79. The van der Waals surface area contributed by atoms with Gasteiger partial charge in [0.15, 0.2) is 11.6 Å². The molecule has 12 nitrogen and oxygen atoms in total. The number of amides is 2. The lowest BCUT2D eigenvalue weighted by atomic mass is 9.96. The Hall–Kier alpha value is -2.46. The first-order valence-corrected chi connectivity index (χ1v) is 14.3. The maximum atomic E-state index is 13.3. The molecule has 1 aromatic carbocycles. The molecule has 1 aromatic rings. The number of rotatable bonds is 8. The van der Waals surface area contributed by atoms with Crippen molar-refractivity contribution in [1.82, 2.24) is 0 Å². The number of ether oxygens (including phenoxy) is 2. The fourth-order valence-electron chi connectivity index (χ4n) is 4.08. The number of benzene rings is 1. The quantitative estimate of drug-likeness (QED) is 0.398. The molecule has 0 aliphatic carbocycles. The van der Waals surface area contributed by atoms with Gasteiger partial charge < -0.3 is 27.6 Å². The summed E-state index contributed by atoms with van der Waals surface area (Å²) in [6, 6.07) is 3.12. The number of hydrogen-bond acceptors (Lipinski definition) is 10. The van der Waals surface area contributed by atoms with E-state index in [4.69, 9.17) is 27.6 Å². The topological polar surface area (TPSA) is 130 Å². The molecule has 198 valence electrons. The van der Waals surface area contributed by atoms with Gasteiger partial charge in [0.2, 0.25) is 0 Å². The van der Waals surface area contributed by atoms with Gasteiger partial charge in [-0.15, -0.1) is 0 Å². The summed E-state index contributed by atoms with van der Waals surface area (Å²) in [6.45, 7) is 3.46. The van der Waals surface area contributed by atoms with E-state index in [1.807, 2.05) is 0 Å². The first kappa shape index (κ1) is 28.1. The van der Waals surface area contributed by atoms with Crippen LogP contribution in [0.25, 0.3) is 12.2 Å². The van der Waals surface area contributed by atoms with E-state index in [0.29, 0.717) is 22.5 Å². The smallest absolute Gasteiger partial charge is 0.415 e. The highest BCUT2D eigenvalue weighted by Gasteiger charge is 2.46. The van der Waals surface area contributed by atoms with Gasteiger partial charge in [0.05, 0.1) is 24.6 Å². The molecule has 2 amide bonds. The molecule has 0 fully saturated rings. The van der Waals surface area contributed by atoms with Crippen molar-refractivity contribution >= 4 is 50.9 Å². The molecule has 2 heterocycles. The van der Waals surface area contributed by atoms with Gasteiger partial charge in [-0.25, -0.2) is 9.59 Å². The van der Waals surface area contributed by atoms with Crippen LogP contribution in [0.15, 0.2) is 24.3 Å². The highest BCUT2D eigenvalue weighted by molar-refractivity contribution is 7.55. The molecule has 3 rings (SSSR count). The fraction of sp³-hybridized carbons (Fsp3) is 0.455. The average molecular weight is 544 g/mol. The molecule has 0 saturated carbocycles. The zero-order valence-corrected chi connectivity index (χ0v) is 22.7. The van der Waals surface area contributed by atoms with Crippen LogP contribution in [-0.2, 0) is 36.7 Å². The molecule has 2 atom stereocenters. The number of carbonyl (C=O) groups excluding carboxylic acids is 2. The molecule has 36 heavy (non-hydrogen) atoms. The summed E-state index contributed by atoms with van der Waals surface area (Å²) in [5.41, 5.74) is 1.73. The van der Waals surface area contributed by atoms with Gasteiger partial charge in [-0.05, 0) is 38.1 Å². The van der Waals surface area contributed by atoms with Crippen LogP contribution in [0.4, 0.5) is 21.0 Å². The van der Waals surface area contributed by atoms with Gasteiger partial charge in [-0.2, -0.15) is 0 Å². The number of carbonyl (C=O) groups is 2. The largest absolute Gasteiger partial charge is 0.449 e. The number of hydrogen-bond donors (Lipinski definition) is 0. The third kappa shape index (κ3) is 4.77. The minimum absolute atomic E-state index is 0.0812. The van der Waals surface area contributed by atoms with Crippen molar-refractivity contribution in [2.24, 2.45) is 0 Å². The predicted molar refractivity (Wildman–Crippen MR) is 134 cm³/mol. The van der Waals surface area contributed by atoms with Crippen LogP contribution >= 0.6 is 15.2 Å². The summed E-state index contributed by atoms with van der Waals surface area (Å²) in [4.78, 5) is 28.4. The number of fused-ring (bicyclic) bond motifs is 3. The SMILES string of the molecule is CCOC(=O)N1c2ccc3c(c2C=C[C@H]1P(=O)(OC)OC)C=C[C@@H](P(=O)(OC)OC)N3C(=O)OCC. The zero-order chi connectivity index (χ0) is 26.7. The molecule has 2 aliphatic heterocycles. The Morgan fingerprint density at radius 2 is 1.06 bits per heavy atom. The molecule has 14 heteroatoms. The summed E-state index contributed by atoms with van der Waals surface area (Å²) in [5, 5.41) is 0. The Bertz CT molecular complexity index is 1060. The van der Waals surface area contributed by atoms with E-state index < -0.39 is 38.9 Å². The minimum Gasteiger partial charge on any atom is -0.449 e. The van der Waals surface area contributed by atoms with Gasteiger partial charge in [0, 0.05) is 39.6 Å². The third-order valence-corrected chi connectivity index (χ3v) is 9.89. The first-order chi connectivity index (χ1) is 17.2. The van der Waals surface area contributed by atoms with Gasteiger partial charge in [0.1, 0.15) is 0 Å². The van der Waals surface area contributed by atoms with Crippen molar-refractivity contribution in [3.8, 4) is 0 Å². The molecule has 0 unspecified atom stereocenters. The highest BCUT2D eigenvalue weighted by Crippen LogP contribution is 2.59. The monoisotopic (exact) mass is 544 g/mol. The van der Waals surface area contributed by atoms with Crippen LogP contribution in [0.5, 0.6) is 0 Å². The second-order valence-corrected chi connectivity index (χ2v) is 12.1. The normalized spacial score (nSPS) is 19.1. The fourth-order valence-corrected chi connectivity index (χ4v) is 6.84. The molecule has 0 bridgehead atoms. The van der Waals surface area contributed by atoms with Crippen LogP contribution in [0.2, 0.25) is 0 Å². The van der Waals surface area contributed by atoms with Crippen LogP contribution in [0.1, 0.15) is 25.0 Å². The molecular formula is C22H30N2O10P2. The van der Waals surface area contributed by atoms with E-state index in [-0.39, 0.29) is 13.2 Å². The second kappa shape index (κ2) is 11.3. The third-order valence-electron chi connectivity index (χ3n) is 5.75. The Labute approximate surface area is 209 Å². The maximum Gasteiger partial charge on any atom is 0.415 e. The molecule has 0 N–H and O–H groups in total. The van der Waals surface area contributed by atoms with E-state index in [1.165, 1.54) is 50.4 Å². The summed E-state index contributed by atoms with van der Waals surface area (Å²) in [7, 11) is -2.65. The van der Waals surface area contributed by atoms with Gasteiger partial charge in [0.25, 0.3) is 0 Å². The maximum absolute atomic E-state index is 13.3. The molecule has 0 aromatic heterocycles. The van der Waals surface area contributed by atoms with E-state index in [0.717, 1.165) is 0 Å². The second-order valence-electron chi connectivity index (χ2n) is 7.42. The average Bonchev–Trinajstić information content (AvgIpc) is 2.90. The number of nitrogens with zero attached hydrogens (tertiary/aromatic N) is 2. The molecular weight excluding hydrogens is 514 g/mol. The standard InChI is InChI=1S/C22H30N2O10P2/c1-7-33-21(25)23-17-11-12-18-16(15(17)9-13-19(23)35(27,29-3)30-4)10-14-20(36(28,31-5)32-6)24(18)22(26)34-8-2/h9-14,19-20H,7-8H2,1-6H3/t19-,20-/m1/s1. The van der Waals surface area contributed by atoms with Crippen molar-refractivity contribution < 1.29 is 46.3 Å². The first-order valence-electron chi connectivity index (χ1n) is 11.0. The predicted octanol–water partition coefficient (Wildman–Crippen LogP) is 5.29. The van der Waals surface area contributed by atoms with Crippen LogP contribution in [-0.4, -0.2) is 65.4 Å². The lowest BCUT2D eigenvalue weighted by Gasteiger charge is -2.39. The molecule has 2 aliphatic rings. The van der Waals surface area contributed by atoms with E-state index >= 15 is 0 Å². The Morgan fingerprint density at radius 1 is 0.722 bits per heavy atom. The van der Waals surface area contributed by atoms with Crippen molar-refractivity contribution in [3.63, 3.8) is 0 Å². The van der Waals surface area contributed by atoms with Crippen molar-refractivity contribution in [2.75, 3.05) is 51.5 Å². The van der Waals surface area contributed by atoms with Gasteiger partial charge in [-0.1, -0.05) is 12.2 Å². The summed E-state index contributed by atoms with van der Waals surface area (Å²) in [5.74, 6) is -2.19. The van der Waals surface area contributed by atoms with Crippen molar-refractivity contribution in [2.45, 2.75) is 25.4 Å².